The number of likely N-dealkylation sites (tertiary alicyclic amines) is 1. The van der Waals surface area contributed by atoms with E-state index in [1.807, 2.05) is 28.5 Å². The summed E-state index contributed by atoms with van der Waals surface area (Å²) < 4.78 is 28.7. The summed E-state index contributed by atoms with van der Waals surface area (Å²) in [6.07, 6.45) is 3.20. The van der Waals surface area contributed by atoms with E-state index in [1.165, 1.54) is 11.3 Å². The first-order valence-corrected chi connectivity index (χ1v) is 12.2. The average Bonchev–Trinajstić information content (AvgIpc) is 3.37. The largest absolute Gasteiger partial charge is 0.355 e. The van der Waals surface area contributed by atoms with Gasteiger partial charge in [0.25, 0.3) is 10.0 Å². The van der Waals surface area contributed by atoms with Crippen LogP contribution >= 0.6 is 11.3 Å². The summed E-state index contributed by atoms with van der Waals surface area (Å²) >= 11 is 1.35. The van der Waals surface area contributed by atoms with Crippen molar-refractivity contribution in [2.45, 2.75) is 17.7 Å². The lowest BCUT2D eigenvalue weighted by atomic mass is 9.96. The molecule has 1 fully saturated rings. The van der Waals surface area contributed by atoms with Gasteiger partial charge < -0.3 is 10.2 Å². The zero-order valence-electron chi connectivity index (χ0n) is 16.4. The van der Waals surface area contributed by atoms with Gasteiger partial charge in [0.1, 0.15) is 10.6 Å². The second kappa shape index (κ2) is 7.86. The SMILES string of the molecule is O=C(Nc1nc(-c2ccccn2)cs1)C1CCCN(C2=NS(=O)(=O)c3ccccc32)C1. The summed E-state index contributed by atoms with van der Waals surface area (Å²) in [5.74, 6) is 0.0234. The van der Waals surface area contributed by atoms with E-state index in [0.29, 0.717) is 35.3 Å². The summed E-state index contributed by atoms with van der Waals surface area (Å²) in [5.41, 5.74) is 2.07. The van der Waals surface area contributed by atoms with Gasteiger partial charge in [-0.2, -0.15) is 8.42 Å². The van der Waals surface area contributed by atoms with Crippen LogP contribution in [0.5, 0.6) is 0 Å². The van der Waals surface area contributed by atoms with Crippen LogP contribution in [0.25, 0.3) is 11.4 Å². The molecule has 31 heavy (non-hydrogen) atoms. The number of carbonyl (C=O) groups excluding carboxylic acids is 1. The molecule has 1 N–H and O–H groups in total. The number of benzene rings is 1. The molecule has 4 heterocycles. The number of sulfonamides is 1. The molecule has 3 aromatic rings. The number of aromatic nitrogens is 2. The number of rotatable bonds is 3. The van der Waals surface area contributed by atoms with Gasteiger partial charge in [0, 0.05) is 30.2 Å². The highest BCUT2D eigenvalue weighted by Gasteiger charge is 2.35. The Bertz CT molecular complexity index is 1270. The fraction of sp³-hybridized carbons (Fsp3) is 0.238. The lowest BCUT2D eigenvalue weighted by Gasteiger charge is -2.33. The maximum Gasteiger partial charge on any atom is 0.285 e. The van der Waals surface area contributed by atoms with E-state index in [2.05, 4.69) is 19.7 Å². The Kier molecular flexibility index (Phi) is 5.03. The van der Waals surface area contributed by atoms with Crippen molar-refractivity contribution in [3.8, 4) is 11.4 Å². The van der Waals surface area contributed by atoms with E-state index in [9.17, 15) is 13.2 Å². The van der Waals surface area contributed by atoms with Crippen LogP contribution in [0.15, 0.2) is 63.3 Å². The van der Waals surface area contributed by atoms with Crippen LogP contribution in [0.2, 0.25) is 0 Å². The Morgan fingerprint density at radius 1 is 1.13 bits per heavy atom. The van der Waals surface area contributed by atoms with Crippen molar-refractivity contribution in [1.29, 1.82) is 0 Å². The van der Waals surface area contributed by atoms with E-state index >= 15 is 0 Å². The number of amidine groups is 1. The van der Waals surface area contributed by atoms with Gasteiger partial charge in [0.05, 0.1) is 11.6 Å². The molecular formula is C21H19N5O3S2. The molecule has 0 spiro atoms. The number of pyridine rings is 1. The van der Waals surface area contributed by atoms with Crippen molar-refractivity contribution in [2.75, 3.05) is 18.4 Å². The van der Waals surface area contributed by atoms with Crippen LogP contribution < -0.4 is 5.32 Å². The smallest absolute Gasteiger partial charge is 0.285 e. The third-order valence-electron chi connectivity index (χ3n) is 5.37. The van der Waals surface area contributed by atoms with Crippen molar-refractivity contribution in [2.24, 2.45) is 10.3 Å². The van der Waals surface area contributed by atoms with Crippen LogP contribution in [0.3, 0.4) is 0 Å². The van der Waals surface area contributed by atoms with Crippen molar-refractivity contribution >= 4 is 38.2 Å². The minimum Gasteiger partial charge on any atom is -0.355 e. The number of amides is 1. The van der Waals surface area contributed by atoms with Gasteiger partial charge in [-0.1, -0.05) is 18.2 Å². The van der Waals surface area contributed by atoms with Gasteiger partial charge in [0.2, 0.25) is 5.91 Å². The summed E-state index contributed by atoms with van der Waals surface area (Å²) in [7, 11) is -3.68. The van der Waals surface area contributed by atoms with Crippen LogP contribution in [-0.4, -0.2) is 48.1 Å². The Morgan fingerprint density at radius 3 is 2.81 bits per heavy atom. The van der Waals surface area contributed by atoms with Gasteiger partial charge in [0.15, 0.2) is 11.0 Å². The zero-order valence-corrected chi connectivity index (χ0v) is 18.1. The molecule has 2 aromatic heterocycles. The number of anilines is 1. The predicted octanol–water partition coefficient (Wildman–Crippen LogP) is 3.00. The van der Waals surface area contributed by atoms with Crippen LogP contribution in [0.4, 0.5) is 5.13 Å². The second-order valence-electron chi connectivity index (χ2n) is 7.41. The molecule has 10 heteroatoms. The molecule has 2 aliphatic heterocycles. The van der Waals surface area contributed by atoms with E-state index < -0.39 is 10.0 Å². The third-order valence-corrected chi connectivity index (χ3v) is 7.45. The van der Waals surface area contributed by atoms with Crippen LogP contribution in [0.1, 0.15) is 18.4 Å². The van der Waals surface area contributed by atoms with Crippen molar-refractivity contribution in [3.05, 3.63) is 59.6 Å². The number of nitrogens with one attached hydrogen (secondary N) is 1. The molecule has 0 bridgehead atoms. The fourth-order valence-corrected chi connectivity index (χ4v) is 5.81. The van der Waals surface area contributed by atoms with Gasteiger partial charge >= 0.3 is 0 Å². The standard InChI is InChI=1S/C21H19N5O3S2/c27-20(24-21-23-17(13-30-21)16-8-3-4-10-22-16)14-6-5-11-26(12-14)19-15-7-1-2-9-18(15)31(28,29)25-19/h1-4,7-10,13-14H,5-6,11-12H2,(H,23,24,27). The molecule has 5 rings (SSSR count). The average molecular weight is 454 g/mol. The molecule has 1 aromatic carbocycles. The van der Waals surface area contributed by atoms with Gasteiger partial charge in [-0.05, 0) is 37.1 Å². The Balaban J connectivity index is 1.30. The highest BCUT2D eigenvalue weighted by atomic mass is 32.2. The maximum absolute atomic E-state index is 12.9. The number of hydrogen-bond donors (Lipinski definition) is 1. The third kappa shape index (κ3) is 3.84. The monoisotopic (exact) mass is 453 g/mol. The predicted molar refractivity (Wildman–Crippen MR) is 118 cm³/mol. The molecule has 2 aliphatic rings. The molecule has 1 unspecified atom stereocenters. The first kappa shape index (κ1) is 19.8. The maximum atomic E-state index is 12.9. The molecule has 0 radical (unpaired) electrons. The normalized spacial score (nSPS) is 19.5. The van der Waals surface area contributed by atoms with Gasteiger partial charge in [-0.15, -0.1) is 15.7 Å². The lowest BCUT2D eigenvalue weighted by Crippen LogP contribution is -2.43. The van der Waals surface area contributed by atoms with Crippen molar-refractivity contribution in [3.63, 3.8) is 0 Å². The Labute approximate surface area is 183 Å². The summed E-state index contributed by atoms with van der Waals surface area (Å²) in [6, 6.07) is 12.4. The van der Waals surface area contributed by atoms with Crippen LogP contribution in [-0.2, 0) is 14.8 Å². The van der Waals surface area contributed by atoms with E-state index in [0.717, 1.165) is 18.5 Å². The number of hydrogen-bond acceptors (Lipinski definition) is 7. The molecular weight excluding hydrogens is 434 g/mol. The first-order valence-electron chi connectivity index (χ1n) is 9.88. The van der Waals surface area contributed by atoms with Gasteiger partial charge in [-0.25, -0.2) is 4.98 Å². The van der Waals surface area contributed by atoms with E-state index in [-0.39, 0.29) is 16.7 Å². The zero-order chi connectivity index (χ0) is 21.4. The van der Waals surface area contributed by atoms with Crippen molar-refractivity contribution < 1.29 is 13.2 Å². The highest BCUT2D eigenvalue weighted by molar-refractivity contribution is 7.90. The molecule has 0 saturated carbocycles. The summed E-state index contributed by atoms with van der Waals surface area (Å²) in [5, 5.41) is 5.29. The minimum atomic E-state index is -3.68. The number of piperidine rings is 1. The molecule has 1 amide bonds. The fourth-order valence-electron chi connectivity index (χ4n) is 3.87. The van der Waals surface area contributed by atoms with Crippen LogP contribution in [0, 0.1) is 5.92 Å². The highest BCUT2D eigenvalue weighted by Crippen LogP contribution is 2.30. The number of fused-ring (bicyclic) bond motifs is 1. The lowest BCUT2D eigenvalue weighted by molar-refractivity contribution is -0.121. The molecule has 0 aliphatic carbocycles. The number of nitrogens with zero attached hydrogens (tertiary/aromatic N) is 4. The van der Waals surface area contributed by atoms with Crippen molar-refractivity contribution in [1.82, 2.24) is 14.9 Å². The summed E-state index contributed by atoms with van der Waals surface area (Å²) in [4.78, 5) is 23.8. The Morgan fingerprint density at radius 2 is 1.97 bits per heavy atom. The Hall–Kier alpha value is -3.11. The molecule has 158 valence electrons. The molecule has 1 atom stereocenters. The van der Waals surface area contributed by atoms with Gasteiger partial charge in [-0.3, -0.25) is 9.78 Å². The molecule has 8 nitrogen and oxygen atoms in total. The van der Waals surface area contributed by atoms with E-state index in [4.69, 9.17) is 0 Å². The summed E-state index contributed by atoms with van der Waals surface area (Å²) in [6.45, 7) is 1.07. The van der Waals surface area contributed by atoms with E-state index in [1.54, 1.807) is 30.5 Å². The molecule has 1 saturated heterocycles. The second-order valence-corrected chi connectivity index (χ2v) is 9.84. The number of carbonyl (C=O) groups is 1. The topological polar surface area (TPSA) is 105 Å². The quantitative estimate of drug-likeness (QED) is 0.654. The minimum absolute atomic E-state index is 0.124. The number of thiazole rings is 1. The first-order chi connectivity index (χ1) is 15.0.